The Morgan fingerprint density at radius 1 is 0.974 bits per heavy atom. The smallest absolute Gasteiger partial charge is 0.220 e. The van der Waals surface area contributed by atoms with Gasteiger partial charge in [0.05, 0.1) is 6.61 Å². The van der Waals surface area contributed by atoms with Gasteiger partial charge in [-0.15, -0.1) is 0 Å². The van der Waals surface area contributed by atoms with E-state index in [0.29, 0.717) is 6.42 Å². The van der Waals surface area contributed by atoms with E-state index in [4.69, 9.17) is 18.9 Å². The largest absolute Gasteiger partial charge is 0.388 e. The molecular formula is C32H45NO6. The highest BCUT2D eigenvalue weighted by atomic mass is 16.7. The number of unbranched alkanes of at least 4 members (excludes halogenated alkanes) is 9. The SMILES string of the molecule is CCCCCC#CC#CCCCCCCCCC(=O)N[C@H]1[C@@H](OC)O[C@@H]2COC(c3ccccc3)O[C@H]2[C@@H]1O. The molecule has 6 atom stereocenters. The van der Waals surface area contributed by atoms with Gasteiger partial charge in [0.15, 0.2) is 12.6 Å². The van der Waals surface area contributed by atoms with Crippen LogP contribution < -0.4 is 5.32 Å². The van der Waals surface area contributed by atoms with Crippen LogP contribution in [0.25, 0.3) is 0 Å². The summed E-state index contributed by atoms with van der Waals surface area (Å²) in [6.45, 7) is 2.46. The quantitative estimate of drug-likeness (QED) is 0.255. The zero-order valence-corrected chi connectivity index (χ0v) is 23.5. The molecule has 1 amide bonds. The van der Waals surface area contributed by atoms with Gasteiger partial charge < -0.3 is 29.4 Å². The van der Waals surface area contributed by atoms with Gasteiger partial charge in [-0.05, 0) is 31.1 Å². The van der Waals surface area contributed by atoms with Gasteiger partial charge in [0, 0.05) is 31.9 Å². The molecule has 2 heterocycles. The molecule has 0 saturated carbocycles. The summed E-state index contributed by atoms with van der Waals surface area (Å²) < 4.78 is 23.3. The average molecular weight is 540 g/mol. The van der Waals surface area contributed by atoms with Crippen LogP contribution in [0.4, 0.5) is 0 Å². The fourth-order valence-corrected chi connectivity index (χ4v) is 4.87. The van der Waals surface area contributed by atoms with Crippen molar-refractivity contribution in [2.24, 2.45) is 0 Å². The number of aliphatic hydroxyl groups is 1. The molecule has 2 aliphatic rings. The lowest BCUT2D eigenvalue weighted by Crippen LogP contribution is -2.66. The lowest BCUT2D eigenvalue weighted by atomic mass is 9.95. The molecule has 214 valence electrons. The fraction of sp³-hybridized carbons (Fsp3) is 0.656. The van der Waals surface area contributed by atoms with Crippen LogP contribution in [0.1, 0.15) is 95.8 Å². The van der Waals surface area contributed by atoms with Gasteiger partial charge in [0.1, 0.15) is 24.4 Å². The van der Waals surface area contributed by atoms with E-state index in [2.05, 4.69) is 35.9 Å². The molecule has 2 saturated heterocycles. The number of methoxy groups -OCH3 is 1. The van der Waals surface area contributed by atoms with E-state index in [-0.39, 0.29) is 12.5 Å². The zero-order chi connectivity index (χ0) is 27.7. The third-order valence-corrected chi connectivity index (χ3v) is 7.10. The Morgan fingerprint density at radius 2 is 1.64 bits per heavy atom. The molecule has 1 aromatic carbocycles. The summed E-state index contributed by atoms with van der Waals surface area (Å²) in [5, 5.41) is 14.0. The number of aliphatic hydroxyl groups excluding tert-OH is 1. The van der Waals surface area contributed by atoms with E-state index in [1.165, 1.54) is 26.4 Å². The standard InChI is InChI=1S/C32H45NO6/c1-3-4-5-6-7-8-9-10-11-12-13-14-15-16-20-23-27(34)33-28-29(35)30-26(38-32(28)36-2)24-37-31(39-30)25-21-18-17-19-22-25/h17-19,21-22,26,28-32,35H,3-6,11-16,20,23-24H2,1-2H3,(H,33,34)/t26-,28-,29-,30-,31?,32+/m1/s1. The highest BCUT2D eigenvalue weighted by Gasteiger charge is 2.50. The molecule has 2 aliphatic heterocycles. The van der Waals surface area contributed by atoms with Crippen LogP contribution >= 0.6 is 0 Å². The van der Waals surface area contributed by atoms with Gasteiger partial charge in [-0.2, -0.15) is 0 Å². The molecule has 0 aliphatic carbocycles. The van der Waals surface area contributed by atoms with Crippen molar-refractivity contribution in [3.8, 4) is 23.7 Å². The Bertz CT molecular complexity index is 962. The van der Waals surface area contributed by atoms with Gasteiger partial charge in [-0.1, -0.05) is 87.6 Å². The van der Waals surface area contributed by atoms with Crippen LogP contribution in [0, 0.1) is 23.7 Å². The van der Waals surface area contributed by atoms with E-state index in [0.717, 1.165) is 56.9 Å². The van der Waals surface area contributed by atoms with Crippen molar-refractivity contribution in [1.82, 2.24) is 5.32 Å². The molecule has 1 unspecified atom stereocenters. The van der Waals surface area contributed by atoms with Gasteiger partial charge in [0.25, 0.3) is 0 Å². The molecular weight excluding hydrogens is 494 g/mol. The number of hydrogen-bond donors (Lipinski definition) is 2. The van der Waals surface area contributed by atoms with Crippen molar-refractivity contribution < 1.29 is 28.8 Å². The minimum absolute atomic E-state index is 0.124. The third-order valence-electron chi connectivity index (χ3n) is 7.10. The Labute approximate surface area is 234 Å². The second-order valence-corrected chi connectivity index (χ2v) is 10.2. The molecule has 7 nitrogen and oxygen atoms in total. The number of rotatable bonds is 14. The maximum Gasteiger partial charge on any atom is 0.220 e. The number of benzene rings is 1. The van der Waals surface area contributed by atoms with Crippen LogP contribution in [-0.4, -0.2) is 55.4 Å². The van der Waals surface area contributed by atoms with Crippen molar-refractivity contribution in [1.29, 1.82) is 0 Å². The molecule has 2 N–H and O–H groups in total. The highest BCUT2D eigenvalue weighted by Crippen LogP contribution is 2.34. The Balaban J connectivity index is 1.31. The van der Waals surface area contributed by atoms with Gasteiger partial charge in [-0.3, -0.25) is 4.79 Å². The first-order valence-corrected chi connectivity index (χ1v) is 14.6. The van der Waals surface area contributed by atoms with Crippen molar-refractivity contribution in [3.63, 3.8) is 0 Å². The number of carbonyl (C=O) groups excluding carboxylic acids is 1. The third kappa shape index (κ3) is 10.6. The summed E-state index contributed by atoms with van der Waals surface area (Å²) in [6, 6.07) is 8.85. The minimum Gasteiger partial charge on any atom is -0.388 e. The molecule has 0 aromatic heterocycles. The summed E-state index contributed by atoms with van der Waals surface area (Å²) in [4.78, 5) is 12.7. The maximum atomic E-state index is 12.7. The lowest BCUT2D eigenvalue weighted by molar-refractivity contribution is -0.341. The number of amides is 1. The molecule has 0 spiro atoms. The maximum absolute atomic E-state index is 12.7. The second kappa shape index (κ2) is 18.1. The molecule has 2 fully saturated rings. The topological polar surface area (TPSA) is 86.3 Å². The number of fused-ring (bicyclic) bond motifs is 1. The van der Waals surface area contributed by atoms with Crippen molar-refractivity contribution in [3.05, 3.63) is 35.9 Å². The summed E-state index contributed by atoms with van der Waals surface area (Å²) in [7, 11) is 1.50. The van der Waals surface area contributed by atoms with Crippen LogP contribution in [0.15, 0.2) is 30.3 Å². The van der Waals surface area contributed by atoms with Crippen LogP contribution in [0.5, 0.6) is 0 Å². The summed E-state index contributed by atoms with van der Waals surface area (Å²) in [5.74, 6) is 12.0. The highest BCUT2D eigenvalue weighted by molar-refractivity contribution is 5.76. The van der Waals surface area contributed by atoms with Gasteiger partial charge in [0.2, 0.25) is 5.91 Å². The molecule has 0 radical (unpaired) electrons. The van der Waals surface area contributed by atoms with Gasteiger partial charge >= 0.3 is 0 Å². The number of ether oxygens (including phenoxy) is 4. The first-order chi connectivity index (χ1) is 19.1. The zero-order valence-electron chi connectivity index (χ0n) is 23.5. The summed E-state index contributed by atoms with van der Waals surface area (Å²) in [5.41, 5.74) is 0.869. The second-order valence-electron chi connectivity index (χ2n) is 10.2. The van der Waals surface area contributed by atoms with E-state index >= 15 is 0 Å². The monoisotopic (exact) mass is 539 g/mol. The molecule has 1 aromatic rings. The molecule has 0 bridgehead atoms. The minimum atomic E-state index is -0.983. The van der Waals surface area contributed by atoms with Gasteiger partial charge in [-0.25, -0.2) is 0 Å². The van der Waals surface area contributed by atoms with Crippen molar-refractivity contribution >= 4 is 5.91 Å². The van der Waals surface area contributed by atoms with Crippen LogP contribution in [-0.2, 0) is 23.7 Å². The predicted octanol–water partition coefficient (Wildman–Crippen LogP) is 5.03. The Hall–Kier alpha value is -2.39. The summed E-state index contributed by atoms with van der Waals surface area (Å²) in [6.07, 6.45) is 8.63. The number of carbonyl (C=O) groups is 1. The molecule has 39 heavy (non-hydrogen) atoms. The normalized spacial score (nSPS) is 25.9. The Kier molecular flexibility index (Phi) is 14.4. The lowest BCUT2D eigenvalue weighted by Gasteiger charge is -2.47. The van der Waals surface area contributed by atoms with Crippen molar-refractivity contribution in [2.75, 3.05) is 13.7 Å². The van der Waals surface area contributed by atoms with Crippen LogP contribution in [0.3, 0.4) is 0 Å². The van der Waals surface area contributed by atoms with E-state index in [9.17, 15) is 9.90 Å². The summed E-state index contributed by atoms with van der Waals surface area (Å²) >= 11 is 0. The molecule has 3 rings (SSSR count). The van der Waals surface area contributed by atoms with Crippen molar-refractivity contribution in [2.45, 2.75) is 121 Å². The first kappa shape index (κ1) is 31.1. The number of hydrogen-bond acceptors (Lipinski definition) is 6. The van der Waals surface area contributed by atoms with Crippen LogP contribution in [0.2, 0.25) is 0 Å². The van der Waals surface area contributed by atoms with E-state index in [1.54, 1.807) is 0 Å². The molecule has 7 heteroatoms. The average Bonchev–Trinajstić information content (AvgIpc) is 2.96. The first-order valence-electron chi connectivity index (χ1n) is 14.6. The predicted molar refractivity (Wildman–Crippen MR) is 150 cm³/mol. The Morgan fingerprint density at radius 3 is 2.33 bits per heavy atom. The van der Waals surface area contributed by atoms with E-state index in [1.807, 2.05) is 30.3 Å². The fourth-order valence-electron chi connectivity index (χ4n) is 4.87. The van der Waals surface area contributed by atoms with E-state index < -0.39 is 36.9 Å². The number of nitrogens with one attached hydrogen (secondary N) is 1.